The van der Waals surface area contributed by atoms with Crippen molar-refractivity contribution in [3.8, 4) is 0 Å². The molecule has 1 atom stereocenters. The van der Waals surface area contributed by atoms with Gasteiger partial charge in [-0.3, -0.25) is 4.79 Å². The van der Waals surface area contributed by atoms with Gasteiger partial charge in [0.2, 0.25) is 0 Å². The highest BCUT2D eigenvalue weighted by molar-refractivity contribution is 7.96. The topological polar surface area (TPSA) is 55.4 Å². The molecule has 0 aliphatic heterocycles. The second-order valence-electron chi connectivity index (χ2n) is 9.11. The predicted molar refractivity (Wildman–Crippen MR) is 158 cm³/mol. The maximum absolute atomic E-state index is 14.6. The van der Waals surface area contributed by atoms with Gasteiger partial charge in [-0.05, 0) is 42.5 Å². The molecule has 1 N–H and O–H groups in total. The first-order valence-corrected chi connectivity index (χ1v) is 14.7. The van der Waals surface area contributed by atoms with E-state index in [2.05, 4.69) is 11.9 Å². The fraction of sp³-hybridized carbons (Fsp3) is 0.0968. The highest BCUT2D eigenvalue weighted by Gasteiger charge is 2.51. The minimum atomic E-state index is -5.41. The van der Waals surface area contributed by atoms with Crippen LogP contribution < -0.4 is 26.7 Å². The van der Waals surface area contributed by atoms with Crippen molar-refractivity contribution in [3.05, 3.63) is 133 Å². The first-order chi connectivity index (χ1) is 19.3. The Hall–Kier alpha value is -4.16. The molecule has 0 aliphatic carbocycles. The molecule has 0 radical (unpaired) electrons. The largest absolute Gasteiger partial charge is 0.513 e. The van der Waals surface area contributed by atoms with Gasteiger partial charge in [0, 0.05) is 5.56 Å². The van der Waals surface area contributed by atoms with Crippen molar-refractivity contribution in [2.45, 2.75) is 6.04 Å². The second kappa shape index (κ2) is 12.8. The Balaban J connectivity index is 1.97. The van der Waals surface area contributed by atoms with E-state index in [0.717, 1.165) is 6.07 Å². The van der Waals surface area contributed by atoms with Crippen LogP contribution in [0.15, 0.2) is 128 Å². The van der Waals surface area contributed by atoms with Crippen molar-refractivity contribution >= 4 is 47.5 Å². The van der Waals surface area contributed by atoms with Gasteiger partial charge in [-0.25, -0.2) is 4.79 Å². The molecule has 1 amide bonds. The average molecular weight is 561 g/mol. The number of carbonyl (C=O) groups excluding carboxylic acids is 2. The van der Waals surface area contributed by atoms with Crippen molar-refractivity contribution in [2.24, 2.45) is 0 Å². The minimum Gasteiger partial charge on any atom is -0.460 e. The van der Waals surface area contributed by atoms with Crippen LogP contribution >= 0.6 is 7.26 Å². The lowest BCUT2D eigenvalue weighted by Gasteiger charge is -2.34. The first-order valence-electron chi connectivity index (χ1n) is 12.7. The quantitative estimate of drug-likeness (QED) is 0.127. The minimum absolute atomic E-state index is 0.0929. The van der Waals surface area contributed by atoms with Crippen LogP contribution in [-0.4, -0.2) is 37.7 Å². The molecular formula is C31H28BF3NO3P. The van der Waals surface area contributed by atoms with E-state index in [4.69, 9.17) is 4.74 Å². The number of halogens is 3. The summed E-state index contributed by atoms with van der Waals surface area (Å²) in [4.78, 5) is 26.7. The molecule has 0 saturated heterocycles. The summed E-state index contributed by atoms with van der Waals surface area (Å²) in [6, 6.07) is 30.4. The zero-order valence-corrected chi connectivity index (χ0v) is 22.5. The monoisotopic (exact) mass is 561 g/mol. The van der Waals surface area contributed by atoms with E-state index in [0.29, 0.717) is 16.2 Å². The normalized spacial score (nSPS) is 12.3. The molecule has 0 aliphatic rings. The summed E-state index contributed by atoms with van der Waals surface area (Å²) in [5.74, 6) is -1.29. The molecule has 4 nitrogen and oxygen atoms in total. The predicted octanol–water partition coefficient (Wildman–Crippen LogP) is 4.56. The van der Waals surface area contributed by atoms with Crippen molar-refractivity contribution in [2.75, 3.05) is 12.8 Å². The van der Waals surface area contributed by atoms with Gasteiger partial charge in [0.15, 0.2) is 6.04 Å². The van der Waals surface area contributed by atoms with Gasteiger partial charge in [0.1, 0.15) is 30.6 Å². The fourth-order valence-electron chi connectivity index (χ4n) is 4.74. The van der Waals surface area contributed by atoms with E-state index < -0.39 is 37.6 Å². The molecule has 204 valence electrons. The average Bonchev–Trinajstić information content (AvgIpc) is 2.99. The Labute approximate surface area is 232 Å². The van der Waals surface area contributed by atoms with Gasteiger partial charge < -0.3 is 23.0 Å². The van der Waals surface area contributed by atoms with Gasteiger partial charge in [-0.2, -0.15) is 0 Å². The van der Waals surface area contributed by atoms with Crippen LogP contribution in [0, 0.1) is 0 Å². The molecule has 0 fully saturated rings. The molecule has 4 rings (SSSR count). The number of esters is 1. The van der Waals surface area contributed by atoms with Gasteiger partial charge in [-0.15, -0.1) is 0 Å². The Bertz CT molecular complexity index is 1410. The summed E-state index contributed by atoms with van der Waals surface area (Å²) in [6.07, 6.45) is 1.27. The fourth-order valence-corrected chi connectivity index (χ4v) is 9.36. The van der Waals surface area contributed by atoms with E-state index in [1.165, 1.54) is 18.2 Å². The number of hydrogen-bond donors (Lipinski definition) is 1. The van der Waals surface area contributed by atoms with E-state index in [1.807, 2.05) is 0 Å². The number of nitrogens with one attached hydrogen (secondary N) is 1. The van der Waals surface area contributed by atoms with Crippen LogP contribution in [0.1, 0.15) is 10.4 Å². The number of rotatable bonds is 11. The molecule has 9 heteroatoms. The number of hydrogen-bond acceptors (Lipinski definition) is 3. The van der Waals surface area contributed by atoms with Crippen molar-refractivity contribution in [1.29, 1.82) is 0 Å². The summed E-state index contributed by atoms with van der Waals surface area (Å²) in [5.41, 5.74) is -0.414. The van der Waals surface area contributed by atoms with Crippen molar-refractivity contribution < 1.29 is 27.3 Å². The molecule has 0 heterocycles. The molecule has 40 heavy (non-hydrogen) atoms. The summed E-state index contributed by atoms with van der Waals surface area (Å²) in [5, 5.41) is 4.15. The van der Waals surface area contributed by atoms with Gasteiger partial charge >= 0.3 is 12.9 Å². The lowest BCUT2D eigenvalue weighted by atomic mass is 9.80. The van der Waals surface area contributed by atoms with Crippen LogP contribution in [0.3, 0.4) is 0 Å². The van der Waals surface area contributed by atoms with E-state index in [9.17, 15) is 22.5 Å². The molecule has 1 unspecified atom stereocenters. The van der Waals surface area contributed by atoms with Crippen LogP contribution in [0.2, 0.25) is 0 Å². The zero-order valence-electron chi connectivity index (χ0n) is 21.6. The van der Waals surface area contributed by atoms with Crippen LogP contribution in [0.25, 0.3) is 0 Å². The van der Waals surface area contributed by atoms with Crippen LogP contribution in [0.4, 0.5) is 12.9 Å². The standard InChI is InChI=1S/C31H28BF3NO3P/c1-2-22-39-31(38)28(36-30(37)24-14-6-3-7-15-24)23-40(25-16-8-4-9-17-25,26-18-10-5-11-19-26)29-21-13-12-20-27(29)32(33,34)35/h2-21,28H,1,22-23H2,(H,36,37). The first kappa shape index (κ1) is 28.8. The smallest absolute Gasteiger partial charge is 0.460 e. The summed E-state index contributed by atoms with van der Waals surface area (Å²) >= 11 is 0. The SMILES string of the molecule is C=CCOC(=O)C(C[P+](c1ccccc1)(c1ccccc1)c1ccccc1[B-](F)(F)F)NC(=O)c1ccccc1. The maximum Gasteiger partial charge on any atom is 0.513 e. The summed E-state index contributed by atoms with van der Waals surface area (Å²) in [7, 11) is -3.22. The van der Waals surface area contributed by atoms with Crippen molar-refractivity contribution in [3.63, 3.8) is 0 Å². The molecule has 0 aromatic heterocycles. The Morgan fingerprint density at radius 1 is 0.800 bits per heavy atom. The number of carbonyl (C=O) groups is 2. The number of benzene rings is 4. The third-order valence-electron chi connectivity index (χ3n) is 6.52. The Kier molecular flexibility index (Phi) is 9.23. The van der Waals surface area contributed by atoms with Gasteiger partial charge in [-0.1, -0.05) is 90.9 Å². The van der Waals surface area contributed by atoms with Crippen molar-refractivity contribution in [1.82, 2.24) is 5.32 Å². The van der Waals surface area contributed by atoms with Crippen LogP contribution in [-0.2, 0) is 9.53 Å². The number of amides is 1. The third kappa shape index (κ3) is 6.35. The van der Waals surface area contributed by atoms with E-state index in [1.54, 1.807) is 97.1 Å². The molecule has 0 saturated carbocycles. The Morgan fingerprint density at radius 3 is 1.82 bits per heavy atom. The Morgan fingerprint density at radius 2 is 1.30 bits per heavy atom. The molecule has 0 spiro atoms. The van der Waals surface area contributed by atoms with E-state index >= 15 is 0 Å². The van der Waals surface area contributed by atoms with Gasteiger partial charge in [0.05, 0.1) is 5.30 Å². The lowest BCUT2D eigenvalue weighted by molar-refractivity contribution is -0.144. The summed E-state index contributed by atoms with van der Waals surface area (Å²) < 4.78 is 49.2. The highest BCUT2D eigenvalue weighted by Crippen LogP contribution is 2.55. The van der Waals surface area contributed by atoms with Crippen LogP contribution in [0.5, 0.6) is 0 Å². The summed E-state index contributed by atoms with van der Waals surface area (Å²) in [6.45, 7) is -1.94. The molecule has 0 bridgehead atoms. The molecule has 4 aromatic carbocycles. The zero-order chi connectivity index (χ0) is 28.6. The molecular weight excluding hydrogens is 533 g/mol. The third-order valence-corrected chi connectivity index (χ3v) is 11.0. The molecule has 4 aromatic rings. The number of ether oxygens (including phenoxy) is 1. The second-order valence-corrected chi connectivity index (χ2v) is 12.6. The lowest BCUT2D eigenvalue weighted by Crippen LogP contribution is -2.53. The maximum atomic E-state index is 14.6. The van der Waals surface area contributed by atoms with E-state index in [-0.39, 0.29) is 18.1 Å². The highest BCUT2D eigenvalue weighted by atomic mass is 31.2. The van der Waals surface area contributed by atoms with Gasteiger partial charge in [0.25, 0.3) is 5.91 Å².